The van der Waals surface area contributed by atoms with Crippen LogP contribution in [0, 0.1) is 0 Å². The van der Waals surface area contributed by atoms with E-state index in [-0.39, 0.29) is 16.9 Å². The highest BCUT2D eigenvalue weighted by atomic mass is 35.5. The monoisotopic (exact) mass is 462 g/mol. The first-order valence-electron chi connectivity index (χ1n) is 9.57. The first-order valence-corrected chi connectivity index (χ1v) is 10.9. The van der Waals surface area contributed by atoms with Crippen molar-refractivity contribution in [3.05, 3.63) is 92.5 Å². The molecule has 0 saturated heterocycles. The van der Waals surface area contributed by atoms with Gasteiger partial charge in [-0.1, -0.05) is 35.9 Å². The summed E-state index contributed by atoms with van der Waals surface area (Å²) < 4.78 is 1.66. The molecule has 32 heavy (non-hydrogen) atoms. The molecule has 0 radical (unpaired) electrons. The number of aromatic carboxylic acids is 1. The Kier molecular flexibility index (Phi) is 4.84. The Bertz CT molecular complexity index is 1520. The van der Waals surface area contributed by atoms with Crippen molar-refractivity contribution in [3.8, 4) is 33.7 Å². The van der Waals surface area contributed by atoms with Gasteiger partial charge in [-0.3, -0.25) is 9.36 Å². The molecule has 0 unspecified atom stereocenters. The molecule has 0 fully saturated rings. The van der Waals surface area contributed by atoms with Crippen LogP contribution >= 0.6 is 22.9 Å². The molecular weight excluding hydrogens is 448 g/mol. The maximum atomic E-state index is 12.7. The highest BCUT2D eigenvalue weighted by Crippen LogP contribution is 2.37. The molecule has 3 N–H and O–H groups in total. The number of pyridine rings is 1. The van der Waals surface area contributed by atoms with E-state index in [1.165, 1.54) is 24.3 Å². The number of nitrogens with zero attached hydrogens (tertiary/aromatic N) is 1. The predicted molar refractivity (Wildman–Crippen MR) is 126 cm³/mol. The predicted octanol–water partition coefficient (Wildman–Crippen LogP) is 5.77. The lowest BCUT2D eigenvalue weighted by molar-refractivity contribution is 0.0697. The van der Waals surface area contributed by atoms with Gasteiger partial charge in [0.15, 0.2) is 5.75 Å². The average Bonchev–Trinajstić information content (AvgIpc) is 3.42. The molecule has 0 amide bonds. The highest BCUT2D eigenvalue weighted by Gasteiger charge is 2.20. The lowest BCUT2D eigenvalue weighted by Crippen LogP contribution is -2.10. The van der Waals surface area contributed by atoms with Crippen LogP contribution in [0.5, 0.6) is 5.75 Å². The van der Waals surface area contributed by atoms with Crippen molar-refractivity contribution >= 4 is 39.9 Å². The number of carboxylic acids is 1. The second kappa shape index (κ2) is 7.71. The fraction of sp³-hybridized carbons (Fsp3) is 0. The largest absolute Gasteiger partial charge is 0.505 e. The molecule has 0 atom stereocenters. The standard InChI is InChI=1S/C24H15ClN2O4S/c25-19-11-18-21(27(19)17-7-5-13(6-8-17)16-9-10-32-12-16)22(28)20(23(29)26-18)14-1-3-15(4-2-14)24(30)31/h1-12H,(H,30,31)(H2,26,28,29). The van der Waals surface area contributed by atoms with Gasteiger partial charge >= 0.3 is 5.97 Å². The number of fused-ring (bicyclic) bond motifs is 1. The van der Waals surface area contributed by atoms with Crippen LogP contribution < -0.4 is 5.56 Å². The van der Waals surface area contributed by atoms with Crippen molar-refractivity contribution in [1.82, 2.24) is 9.55 Å². The first-order chi connectivity index (χ1) is 15.4. The Morgan fingerprint density at radius 3 is 2.28 bits per heavy atom. The van der Waals surface area contributed by atoms with Crippen LogP contribution in [0.2, 0.25) is 5.15 Å². The molecule has 6 nitrogen and oxygen atoms in total. The zero-order chi connectivity index (χ0) is 22.4. The quantitative estimate of drug-likeness (QED) is 0.316. The van der Waals surface area contributed by atoms with Gasteiger partial charge in [0, 0.05) is 5.69 Å². The van der Waals surface area contributed by atoms with Crippen molar-refractivity contribution in [2.75, 3.05) is 0 Å². The fourth-order valence-corrected chi connectivity index (χ4v) is 4.71. The molecule has 2 aromatic carbocycles. The molecule has 158 valence electrons. The van der Waals surface area contributed by atoms with E-state index in [1.54, 1.807) is 22.0 Å². The van der Waals surface area contributed by atoms with Crippen LogP contribution in [0.25, 0.3) is 39.0 Å². The highest BCUT2D eigenvalue weighted by molar-refractivity contribution is 7.08. The maximum Gasteiger partial charge on any atom is 0.335 e. The molecule has 5 rings (SSSR count). The summed E-state index contributed by atoms with van der Waals surface area (Å²) in [6, 6.07) is 17.1. The number of hydrogen-bond donors (Lipinski definition) is 3. The van der Waals surface area contributed by atoms with E-state index >= 15 is 0 Å². The summed E-state index contributed by atoms with van der Waals surface area (Å²) in [7, 11) is 0. The van der Waals surface area contributed by atoms with E-state index < -0.39 is 11.5 Å². The summed E-state index contributed by atoms with van der Waals surface area (Å²) >= 11 is 8.11. The van der Waals surface area contributed by atoms with Gasteiger partial charge in [-0.2, -0.15) is 11.3 Å². The Morgan fingerprint density at radius 1 is 0.969 bits per heavy atom. The number of aromatic amines is 1. The summed E-state index contributed by atoms with van der Waals surface area (Å²) in [5, 5.41) is 24.6. The molecule has 3 aromatic heterocycles. The van der Waals surface area contributed by atoms with Crippen LogP contribution in [-0.2, 0) is 0 Å². The summed E-state index contributed by atoms with van der Waals surface area (Å²) in [5.41, 5.74) is 3.66. The number of aromatic nitrogens is 2. The van der Waals surface area contributed by atoms with Crippen LogP contribution in [-0.4, -0.2) is 25.7 Å². The molecule has 0 aliphatic carbocycles. The Morgan fingerprint density at radius 2 is 1.66 bits per heavy atom. The van der Waals surface area contributed by atoms with Gasteiger partial charge in [0.2, 0.25) is 0 Å². The fourth-order valence-electron chi connectivity index (χ4n) is 3.75. The van der Waals surface area contributed by atoms with Gasteiger partial charge in [0.1, 0.15) is 10.7 Å². The topological polar surface area (TPSA) is 95.3 Å². The molecule has 0 aliphatic heterocycles. The van der Waals surface area contributed by atoms with E-state index in [4.69, 9.17) is 16.7 Å². The van der Waals surface area contributed by atoms with Gasteiger partial charge in [-0.25, -0.2) is 4.79 Å². The van der Waals surface area contributed by atoms with Gasteiger partial charge in [-0.05, 0) is 63.8 Å². The average molecular weight is 463 g/mol. The third kappa shape index (κ3) is 3.28. The van der Waals surface area contributed by atoms with Gasteiger partial charge in [0.05, 0.1) is 16.6 Å². The van der Waals surface area contributed by atoms with Crippen molar-refractivity contribution in [2.45, 2.75) is 0 Å². The molecule has 5 aromatic rings. The number of carboxylic acid groups (broad SMARTS) is 1. The second-order valence-electron chi connectivity index (χ2n) is 7.18. The third-order valence-corrected chi connectivity index (χ3v) is 6.25. The number of rotatable bonds is 4. The number of benzene rings is 2. The van der Waals surface area contributed by atoms with E-state index in [2.05, 4.69) is 10.4 Å². The van der Waals surface area contributed by atoms with Crippen molar-refractivity contribution in [3.63, 3.8) is 0 Å². The molecule has 8 heteroatoms. The summed E-state index contributed by atoms with van der Waals surface area (Å²) in [5.74, 6) is -1.31. The number of aromatic hydroxyl groups is 1. The van der Waals surface area contributed by atoms with E-state index in [1.807, 2.05) is 35.7 Å². The number of carbonyl (C=O) groups is 1. The number of H-pyrrole nitrogens is 1. The maximum absolute atomic E-state index is 12.7. The van der Waals surface area contributed by atoms with E-state index in [0.29, 0.717) is 21.7 Å². The molecule has 0 aliphatic rings. The van der Waals surface area contributed by atoms with E-state index in [0.717, 1.165) is 16.8 Å². The summed E-state index contributed by atoms with van der Waals surface area (Å²) in [6.07, 6.45) is 0. The lowest BCUT2D eigenvalue weighted by atomic mass is 10.0. The van der Waals surface area contributed by atoms with Crippen LogP contribution in [0.3, 0.4) is 0 Å². The van der Waals surface area contributed by atoms with Crippen LogP contribution in [0.15, 0.2) is 76.2 Å². The van der Waals surface area contributed by atoms with Gasteiger partial charge < -0.3 is 15.2 Å². The van der Waals surface area contributed by atoms with Crippen LogP contribution in [0.1, 0.15) is 10.4 Å². The molecule has 3 heterocycles. The van der Waals surface area contributed by atoms with Gasteiger partial charge in [0.25, 0.3) is 5.56 Å². The third-order valence-electron chi connectivity index (χ3n) is 5.29. The Labute approximate surface area is 190 Å². The Balaban J connectivity index is 1.68. The molecule has 0 bridgehead atoms. The van der Waals surface area contributed by atoms with Crippen molar-refractivity contribution in [1.29, 1.82) is 0 Å². The Hall–Kier alpha value is -3.81. The normalized spacial score (nSPS) is 11.2. The number of thiophene rings is 1. The minimum absolute atomic E-state index is 0.0420. The molecular formula is C24H15ClN2O4S. The van der Waals surface area contributed by atoms with Gasteiger partial charge in [-0.15, -0.1) is 0 Å². The van der Waals surface area contributed by atoms with Crippen molar-refractivity contribution < 1.29 is 15.0 Å². The van der Waals surface area contributed by atoms with E-state index in [9.17, 15) is 14.7 Å². The summed E-state index contributed by atoms with van der Waals surface area (Å²) in [6.45, 7) is 0. The number of nitrogens with one attached hydrogen (secondary N) is 1. The minimum atomic E-state index is -1.07. The molecule has 0 saturated carbocycles. The SMILES string of the molecule is O=C(O)c1ccc(-c2c(O)c3c(cc(Cl)n3-c3ccc(-c4ccsc4)cc3)[nH]c2=O)cc1. The van der Waals surface area contributed by atoms with Crippen LogP contribution in [0.4, 0.5) is 0 Å². The smallest absolute Gasteiger partial charge is 0.335 e. The first kappa shape index (κ1) is 20.1. The molecule has 0 spiro atoms. The minimum Gasteiger partial charge on any atom is -0.505 e. The zero-order valence-corrected chi connectivity index (χ0v) is 17.9. The summed E-state index contributed by atoms with van der Waals surface area (Å²) in [4.78, 5) is 26.6. The second-order valence-corrected chi connectivity index (χ2v) is 8.35. The number of halogens is 1. The number of hydrogen-bond acceptors (Lipinski definition) is 4. The lowest BCUT2D eigenvalue weighted by Gasteiger charge is -2.11. The van der Waals surface area contributed by atoms with Crippen molar-refractivity contribution in [2.24, 2.45) is 0 Å². The zero-order valence-electron chi connectivity index (χ0n) is 16.4.